The number of piperazine rings is 1. The zero-order valence-electron chi connectivity index (χ0n) is 21.7. The summed E-state index contributed by atoms with van der Waals surface area (Å²) in [6.07, 6.45) is 0.601. The average molecular weight is 548 g/mol. The van der Waals surface area contributed by atoms with Crippen molar-refractivity contribution in [2.45, 2.75) is 24.8 Å². The second-order valence-electron chi connectivity index (χ2n) is 9.86. The minimum atomic E-state index is -3.60. The number of nitrogens with one attached hydrogen (secondary N) is 3. The van der Waals surface area contributed by atoms with Crippen LogP contribution < -0.4 is 20.3 Å². The van der Waals surface area contributed by atoms with Gasteiger partial charge in [0.25, 0.3) is 0 Å². The number of rotatable bonds is 8. The number of carbonyl (C=O) groups is 2. The monoisotopic (exact) mass is 547 g/mol. The van der Waals surface area contributed by atoms with Crippen molar-refractivity contribution in [3.8, 4) is 0 Å². The van der Waals surface area contributed by atoms with Gasteiger partial charge in [0, 0.05) is 32.7 Å². The third kappa shape index (κ3) is 6.76. The molecular weight excluding hydrogens is 514 g/mol. The lowest BCUT2D eigenvalue weighted by atomic mass is 9.95. The summed E-state index contributed by atoms with van der Waals surface area (Å²) in [6, 6.07) is 24.1. The van der Waals surface area contributed by atoms with Gasteiger partial charge >= 0.3 is 0 Å². The first kappa shape index (κ1) is 26.7. The fourth-order valence-corrected chi connectivity index (χ4v) is 6.28. The van der Waals surface area contributed by atoms with Gasteiger partial charge in [0.15, 0.2) is 0 Å². The van der Waals surface area contributed by atoms with Crippen LogP contribution in [0.3, 0.4) is 0 Å². The van der Waals surface area contributed by atoms with Gasteiger partial charge < -0.3 is 20.4 Å². The molecule has 0 radical (unpaired) electrons. The van der Waals surface area contributed by atoms with Gasteiger partial charge in [0.05, 0.1) is 29.7 Å². The first-order valence-corrected chi connectivity index (χ1v) is 14.8. The lowest BCUT2D eigenvalue weighted by Crippen LogP contribution is -2.53. The second-order valence-corrected chi connectivity index (χ2v) is 11.6. The van der Waals surface area contributed by atoms with Crippen molar-refractivity contribution < 1.29 is 18.0 Å². The summed E-state index contributed by atoms with van der Waals surface area (Å²) in [7, 11) is -3.60. The molecule has 2 aliphatic rings. The van der Waals surface area contributed by atoms with Crippen LogP contribution >= 0.6 is 0 Å². The van der Waals surface area contributed by atoms with Gasteiger partial charge in [-0.2, -0.15) is 0 Å². The first-order chi connectivity index (χ1) is 18.9. The van der Waals surface area contributed by atoms with Gasteiger partial charge in [-0.3, -0.25) is 14.3 Å². The summed E-state index contributed by atoms with van der Waals surface area (Å²) in [4.78, 5) is 29.3. The zero-order chi connectivity index (χ0) is 27.2. The van der Waals surface area contributed by atoms with E-state index >= 15 is 0 Å². The van der Waals surface area contributed by atoms with E-state index in [2.05, 4.69) is 26.3 Å². The molecule has 10 heteroatoms. The molecule has 39 heavy (non-hydrogen) atoms. The van der Waals surface area contributed by atoms with Gasteiger partial charge in [-0.15, -0.1) is 0 Å². The molecule has 5 rings (SSSR count). The maximum atomic E-state index is 12.8. The van der Waals surface area contributed by atoms with E-state index in [1.807, 2.05) is 48.5 Å². The van der Waals surface area contributed by atoms with Crippen LogP contribution in [0.25, 0.3) is 0 Å². The van der Waals surface area contributed by atoms with E-state index in [-0.39, 0.29) is 30.2 Å². The molecule has 1 saturated heterocycles. The fraction of sp³-hybridized carbons (Fsp3) is 0.310. The number of amides is 2. The van der Waals surface area contributed by atoms with Gasteiger partial charge in [0.2, 0.25) is 21.8 Å². The van der Waals surface area contributed by atoms with Crippen LogP contribution in [0, 0.1) is 0 Å². The van der Waals surface area contributed by atoms with E-state index in [0.717, 1.165) is 11.3 Å². The van der Waals surface area contributed by atoms with E-state index in [9.17, 15) is 18.0 Å². The minimum absolute atomic E-state index is 0.0471. The molecule has 3 aromatic rings. The predicted octanol–water partition coefficient (Wildman–Crippen LogP) is 2.11. The lowest BCUT2D eigenvalue weighted by Gasteiger charge is -2.37. The summed E-state index contributed by atoms with van der Waals surface area (Å²) in [6.45, 7) is 2.66. The van der Waals surface area contributed by atoms with Crippen molar-refractivity contribution >= 4 is 33.2 Å². The van der Waals surface area contributed by atoms with E-state index < -0.39 is 10.0 Å². The SMILES string of the molecule is O=C(NCC(=O)N1CCN(c2ccccc2NS(=O)(=O)Cc2ccccc2)CC1)[C@@H]1Cc2ccccc2CN1. The summed E-state index contributed by atoms with van der Waals surface area (Å²) in [5.41, 5.74) is 4.36. The Morgan fingerprint density at radius 3 is 2.28 bits per heavy atom. The third-order valence-electron chi connectivity index (χ3n) is 7.15. The highest BCUT2D eigenvalue weighted by Gasteiger charge is 2.27. The van der Waals surface area contributed by atoms with Crippen LogP contribution in [0.4, 0.5) is 11.4 Å². The van der Waals surface area contributed by atoms with Crippen LogP contribution in [0.15, 0.2) is 78.9 Å². The molecule has 3 N–H and O–H groups in total. The van der Waals surface area contributed by atoms with Crippen LogP contribution in [-0.2, 0) is 38.3 Å². The van der Waals surface area contributed by atoms with Crippen molar-refractivity contribution in [3.63, 3.8) is 0 Å². The first-order valence-electron chi connectivity index (χ1n) is 13.1. The van der Waals surface area contributed by atoms with Crippen LogP contribution in [0.1, 0.15) is 16.7 Å². The lowest BCUT2D eigenvalue weighted by molar-refractivity contribution is -0.133. The number of carbonyl (C=O) groups excluding carboxylic acids is 2. The molecule has 0 saturated carbocycles. The molecule has 2 heterocycles. The summed E-state index contributed by atoms with van der Waals surface area (Å²) < 4.78 is 28.4. The van der Waals surface area contributed by atoms with Crippen LogP contribution in [0.5, 0.6) is 0 Å². The number of para-hydroxylation sites is 2. The maximum Gasteiger partial charge on any atom is 0.242 e. The number of anilines is 2. The largest absolute Gasteiger partial charge is 0.366 e. The second kappa shape index (κ2) is 11.9. The molecule has 1 atom stereocenters. The minimum Gasteiger partial charge on any atom is -0.366 e. The summed E-state index contributed by atoms with van der Waals surface area (Å²) in [5.74, 6) is -0.414. The summed E-state index contributed by atoms with van der Waals surface area (Å²) in [5, 5.41) is 6.04. The molecule has 9 nitrogen and oxygen atoms in total. The number of hydrogen-bond donors (Lipinski definition) is 3. The molecule has 0 aliphatic carbocycles. The van der Waals surface area contributed by atoms with Gasteiger partial charge in [-0.1, -0.05) is 66.7 Å². The predicted molar refractivity (Wildman–Crippen MR) is 152 cm³/mol. The van der Waals surface area contributed by atoms with Crippen LogP contribution in [0.2, 0.25) is 0 Å². The fourth-order valence-electron chi connectivity index (χ4n) is 5.07. The number of benzene rings is 3. The van der Waals surface area contributed by atoms with Gasteiger partial charge in [-0.25, -0.2) is 8.42 Å². The normalized spacial score (nSPS) is 17.3. The molecule has 2 aliphatic heterocycles. The van der Waals surface area contributed by atoms with Crippen molar-refractivity contribution in [3.05, 3.63) is 95.6 Å². The highest BCUT2D eigenvalue weighted by atomic mass is 32.2. The Morgan fingerprint density at radius 2 is 1.51 bits per heavy atom. The molecule has 0 aromatic heterocycles. The van der Waals surface area contributed by atoms with Crippen molar-refractivity contribution in [1.29, 1.82) is 0 Å². The zero-order valence-corrected chi connectivity index (χ0v) is 22.5. The molecule has 3 aromatic carbocycles. The Kier molecular flexibility index (Phi) is 8.13. The van der Waals surface area contributed by atoms with Crippen molar-refractivity contribution in [2.75, 3.05) is 42.3 Å². The van der Waals surface area contributed by atoms with E-state index in [4.69, 9.17) is 0 Å². The molecule has 2 amide bonds. The molecular formula is C29H33N5O4S. The van der Waals surface area contributed by atoms with E-state index in [1.165, 1.54) is 5.56 Å². The Balaban J connectivity index is 1.12. The molecule has 0 bridgehead atoms. The molecule has 0 spiro atoms. The van der Waals surface area contributed by atoms with E-state index in [0.29, 0.717) is 50.4 Å². The Labute approximate surface area is 229 Å². The van der Waals surface area contributed by atoms with Gasteiger partial charge in [0.1, 0.15) is 0 Å². The van der Waals surface area contributed by atoms with Crippen molar-refractivity contribution in [2.24, 2.45) is 0 Å². The quantitative estimate of drug-likeness (QED) is 0.399. The smallest absolute Gasteiger partial charge is 0.242 e. The topological polar surface area (TPSA) is 111 Å². The number of fused-ring (bicyclic) bond motifs is 1. The maximum absolute atomic E-state index is 12.8. The number of sulfonamides is 1. The van der Waals surface area contributed by atoms with Crippen LogP contribution in [-0.4, -0.2) is 63.9 Å². The molecule has 204 valence electrons. The van der Waals surface area contributed by atoms with Crippen molar-refractivity contribution in [1.82, 2.24) is 15.5 Å². The molecule has 0 unspecified atom stereocenters. The third-order valence-corrected chi connectivity index (χ3v) is 8.40. The average Bonchev–Trinajstić information content (AvgIpc) is 2.96. The number of nitrogens with zero attached hydrogens (tertiary/aromatic N) is 2. The highest BCUT2D eigenvalue weighted by molar-refractivity contribution is 7.91. The van der Waals surface area contributed by atoms with Gasteiger partial charge in [-0.05, 0) is 35.2 Å². The summed E-state index contributed by atoms with van der Waals surface area (Å²) >= 11 is 0. The highest BCUT2D eigenvalue weighted by Crippen LogP contribution is 2.28. The Morgan fingerprint density at radius 1 is 0.846 bits per heavy atom. The standard InChI is InChI=1S/C29H33N5O4S/c35-28(20-31-29(36)26-18-23-10-4-5-11-24(23)19-30-26)34-16-14-33(15-17-34)27-13-7-6-12-25(27)32-39(37,38)21-22-8-2-1-3-9-22/h1-13,26,30,32H,14-21H2,(H,31,36)/t26-/m0/s1. The molecule has 1 fully saturated rings. The number of hydrogen-bond acceptors (Lipinski definition) is 6. The Hall–Kier alpha value is -3.89. The van der Waals surface area contributed by atoms with E-state index in [1.54, 1.807) is 29.2 Å². The Bertz CT molecular complexity index is 1420.